The Bertz CT molecular complexity index is 555. The standard InChI is InChI=1S/C17H25N3O2/c1-17(19)9-3-2-7-14(17)16(22)20-10-8-12-5-4-6-13(11-12)15(18)21/h4-6,11,14H,2-3,7-10,19H2,1H3,(H2,18,21)(H,20,22). The Kier molecular flexibility index (Phi) is 5.19. The molecule has 0 radical (unpaired) electrons. The van der Waals surface area contributed by atoms with E-state index in [0.717, 1.165) is 31.2 Å². The van der Waals surface area contributed by atoms with E-state index in [1.165, 1.54) is 0 Å². The maximum atomic E-state index is 12.3. The molecule has 1 saturated carbocycles. The topological polar surface area (TPSA) is 98.2 Å². The molecule has 2 atom stereocenters. The molecule has 1 aromatic carbocycles. The first-order valence-electron chi connectivity index (χ1n) is 7.85. The summed E-state index contributed by atoms with van der Waals surface area (Å²) >= 11 is 0. The molecule has 22 heavy (non-hydrogen) atoms. The highest BCUT2D eigenvalue weighted by molar-refractivity contribution is 5.92. The third-order valence-electron chi connectivity index (χ3n) is 4.50. The first-order valence-corrected chi connectivity index (χ1v) is 7.85. The molecule has 0 bridgehead atoms. The lowest BCUT2D eigenvalue weighted by Crippen LogP contribution is -2.53. The zero-order valence-electron chi connectivity index (χ0n) is 13.1. The highest BCUT2D eigenvalue weighted by Crippen LogP contribution is 2.31. The molecule has 1 aliphatic rings. The normalized spacial score (nSPS) is 24.7. The maximum absolute atomic E-state index is 12.3. The number of nitrogens with one attached hydrogen (secondary N) is 1. The van der Waals surface area contributed by atoms with Gasteiger partial charge in [0.2, 0.25) is 11.8 Å². The predicted molar refractivity (Wildman–Crippen MR) is 86.2 cm³/mol. The fraction of sp³-hybridized carbons (Fsp3) is 0.529. The van der Waals surface area contributed by atoms with E-state index in [4.69, 9.17) is 11.5 Å². The summed E-state index contributed by atoms with van der Waals surface area (Å²) in [7, 11) is 0. The fourth-order valence-corrected chi connectivity index (χ4v) is 3.12. The Balaban J connectivity index is 1.87. The number of nitrogens with two attached hydrogens (primary N) is 2. The first kappa shape index (κ1) is 16.5. The first-order chi connectivity index (χ1) is 10.4. The van der Waals surface area contributed by atoms with Gasteiger partial charge in [0.1, 0.15) is 0 Å². The maximum Gasteiger partial charge on any atom is 0.248 e. The van der Waals surface area contributed by atoms with Crippen molar-refractivity contribution >= 4 is 11.8 Å². The Labute approximate surface area is 131 Å². The van der Waals surface area contributed by atoms with Gasteiger partial charge in [-0.05, 0) is 43.9 Å². The van der Waals surface area contributed by atoms with Crippen molar-refractivity contribution in [2.75, 3.05) is 6.54 Å². The molecule has 0 aliphatic heterocycles. The Morgan fingerprint density at radius 1 is 1.36 bits per heavy atom. The van der Waals surface area contributed by atoms with Crippen LogP contribution >= 0.6 is 0 Å². The second-order valence-electron chi connectivity index (χ2n) is 6.41. The molecule has 5 N–H and O–H groups in total. The predicted octanol–water partition coefficient (Wildman–Crippen LogP) is 1.35. The van der Waals surface area contributed by atoms with Gasteiger partial charge in [0.05, 0.1) is 5.92 Å². The molecule has 5 nitrogen and oxygen atoms in total. The van der Waals surface area contributed by atoms with Crippen LogP contribution in [0.15, 0.2) is 24.3 Å². The molecule has 0 saturated heterocycles. The van der Waals surface area contributed by atoms with Crippen molar-refractivity contribution in [3.63, 3.8) is 0 Å². The summed E-state index contributed by atoms with van der Waals surface area (Å²) in [5.74, 6) is -0.513. The van der Waals surface area contributed by atoms with Crippen LogP contribution in [0.4, 0.5) is 0 Å². The Morgan fingerprint density at radius 3 is 2.82 bits per heavy atom. The minimum absolute atomic E-state index is 0.0377. The van der Waals surface area contributed by atoms with Crippen molar-refractivity contribution in [3.8, 4) is 0 Å². The van der Waals surface area contributed by atoms with Gasteiger partial charge in [-0.1, -0.05) is 25.0 Å². The van der Waals surface area contributed by atoms with Crippen molar-refractivity contribution in [1.82, 2.24) is 5.32 Å². The molecule has 0 heterocycles. The van der Waals surface area contributed by atoms with E-state index in [2.05, 4.69) is 5.32 Å². The molecule has 1 aliphatic carbocycles. The molecule has 1 aromatic rings. The van der Waals surface area contributed by atoms with Gasteiger partial charge in [-0.25, -0.2) is 0 Å². The number of carbonyl (C=O) groups excluding carboxylic acids is 2. The van der Waals surface area contributed by atoms with Crippen LogP contribution in [-0.2, 0) is 11.2 Å². The number of hydrogen-bond donors (Lipinski definition) is 3. The summed E-state index contributed by atoms with van der Waals surface area (Å²) in [6, 6.07) is 7.18. The van der Waals surface area contributed by atoms with E-state index >= 15 is 0 Å². The second-order valence-corrected chi connectivity index (χ2v) is 6.41. The smallest absolute Gasteiger partial charge is 0.248 e. The van der Waals surface area contributed by atoms with E-state index in [0.29, 0.717) is 18.5 Å². The third kappa shape index (κ3) is 4.07. The minimum Gasteiger partial charge on any atom is -0.366 e. The van der Waals surface area contributed by atoms with E-state index in [1.807, 2.05) is 13.0 Å². The van der Waals surface area contributed by atoms with Crippen LogP contribution in [0, 0.1) is 5.92 Å². The van der Waals surface area contributed by atoms with Crippen molar-refractivity contribution in [1.29, 1.82) is 0 Å². The summed E-state index contributed by atoms with van der Waals surface area (Å²) in [5.41, 5.74) is 12.6. The van der Waals surface area contributed by atoms with Crippen LogP contribution in [0.25, 0.3) is 0 Å². The number of carbonyl (C=O) groups is 2. The van der Waals surface area contributed by atoms with E-state index in [9.17, 15) is 9.59 Å². The zero-order valence-corrected chi connectivity index (χ0v) is 13.1. The third-order valence-corrected chi connectivity index (χ3v) is 4.50. The molecule has 2 rings (SSSR count). The fourth-order valence-electron chi connectivity index (χ4n) is 3.12. The quantitative estimate of drug-likeness (QED) is 0.765. The van der Waals surface area contributed by atoms with Gasteiger partial charge in [-0.15, -0.1) is 0 Å². The molecule has 2 unspecified atom stereocenters. The molecular formula is C17H25N3O2. The van der Waals surface area contributed by atoms with Crippen LogP contribution < -0.4 is 16.8 Å². The summed E-state index contributed by atoms with van der Waals surface area (Å²) in [6.45, 7) is 2.50. The average Bonchev–Trinajstić information content (AvgIpc) is 2.47. The minimum atomic E-state index is -0.438. The van der Waals surface area contributed by atoms with Crippen LogP contribution in [0.3, 0.4) is 0 Å². The average molecular weight is 303 g/mol. The van der Waals surface area contributed by atoms with Crippen molar-refractivity contribution in [2.24, 2.45) is 17.4 Å². The van der Waals surface area contributed by atoms with Crippen LogP contribution in [0.2, 0.25) is 0 Å². The zero-order chi connectivity index (χ0) is 16.2. The Morgan fingerprint density at radius 2 is 2.14 bits per heavy atom. The lowest BCUT2D eigenvalue weighted by atomic mass is 9.74. The van der Waals surface area contributed by atoms with Crippen LogP contribution in [0.1, 0.15) is 48.5 Å². The number of benzene rings is 1. The van der Waals surface area contributed by atoms with Gasteiger partial charge in [0.25, 0.3) is 0 Å². The van der Waals surface area contributed by atoms with Crippen LogP contribution in [-0.4, -0.2) is 23.9 Å². The van der Waals surface area contributed by atoms with E-state index < -0.39 is 11.4 Å². The highest BCUT2D eigenvalue weighted by atomic mass is 16.2. The van der Waals surface area contributed by atoms with Crippen molar-refractivity contribution in [2.45, 2.75) is 44.6 Å². The van der Waals surface area contributed by atoms with Gasteiger partial charge >= 0.3 is 0 Å². The largest absolute Gasteiger partial charge is 0.366 e. The monoisotopic (exact) mass is 303 g/mol. The molecule has 0 spiro atoms. The highest BCUT2D eigenvalue weighted by Gasteiger charge is 2.37. The molecule has 1 fully saturated rings. The van der Waals surface area contributed by atoms with Gasteiger partial charge in [-0.3, -0.25) is 9.59 Å². The van der Waals surface area contributed by atoms with Crippen molar-refractivity contribution in [3.05, 3.63) is 35.4 Å². The number of hydrogen-bond acceptors (Lipinski definition) is 3. The summed E-state index contributed by atoms with van der Waals surface area (Å²) < 4.78 is 0. The van der Waals surface area contributed by atoms with Gasteiger partial charge in [-0.2, -0.15) is 0 Å². The Hall–Kier alpha value is -1.88. The van der Waals surface area contributed by atoms with E-state index in [1.54, 1.807) is 18.2 Å². The lowest BCUT2D eigenvalue weighted by Gasteiger charge is -2.37. The second kappa shape index (κ2) is 6.92. The van der Waals surface area contributed by atoms with Gasteiger partial charge in [0.15, 0.2) is 0 Å². The summed E-state index contributed by atoms with van der Waals surface area (Å²) in [5, 5.41) is 2.97. The number of primary amides is 1. The summed E-state index contributed by atoms with van der Waals surface area (Å²) in [4.78, 5) is 23.5. The molecule has 2 amide bonds. The molecule has 0 aromatic heterocycles. The number of amides is 2. The summed E-state index contributed by atoms with van der Waals surface area (Å²) in [6.07, 6.45) is 4.57. The number of rotatable bonds is 5. The molecular weight excluding hydrogens is 278 g/mol. The van der Waals surface area contributed by atoms with Gasteiger partial charge in [0, 0.05) is 17.6 Å². The van der Waals surface area contributed by atoms with Crippen LogP contribution in [0.5, 0.6) is 0 Å². The lowest BCUT2D eigenvalue weighted by molar-refractivity contribution is -0.128. The van der Waals surface area contributed by atoms with Crippen molar-refractivity contribution < 1.29 is 9.59 Å². The van der Waals surface area contributed by atoms with Gasteiger partial charge < -0.3 is 16.8 Å². The van der Waals surface area contributed by atoms with E-state index in [-0.39, 0.29) is 11.8 Å². The molecule has 120 valence electrons. The molecule has 5 heteroatoms. The SMILES string of the molecule is CC1(N)CCCCC1C(=O)NCCc1cccc(C(N)=O)c1.